The van der Waals surface area contributed by atoms with Crippen LogP contribution in [0, 0.1) is 34.0 Å². The summed E-state index contributed by atoms with van der Waals surface area (Å²) in [4.78, 5) is 0. The Morgan fingerprint density at radius 3 is 1.74 bits per heavy atom. The minimum Gasteiger partial charge on any atom is -0.309 e. The lowest BCUT2D eigenvalue weighted by atomic mass is 9.92. The molecule has 0 atom stereocenters. The fourth-order valence-electron chi connectivity index (χ4n) is 7.52. The molecule has 0 radical (unpaired) electrons. The Morgan fingerprint density at radius 1 is 0.400 bits per heavy atom. The third-order valence-corrected chi connectivity index (χ3v) is 9.60. The van der Waals surface area contributed by atoms with Crippen LogP contribution in [0.3, 0.4) is 0 Å². The molecule has 5 nitrogen and oxygen atoms in total. The van der Waals surface area contributed by atoms with E-state index in [1.165, 1.54) is 0 Å². The molecule has 5 heteroatoms. The molecule has 2 heterocycles. The highest BCUT2D eigenvalue weighted by atomic mass is 15.0. The summed E-state index contributed by atoms with van der Waals surface area (Å²) in [6.07, 6.45) is 0. The molecular formula is C45H25N5. The van der Waals surface area contributed by atoms with Crippen molar-refractivity contribution in [1.29, 1.82) is 15.8 Å². The fraction of sp³-hybridized carbons (Fsp3) is 0. The first kappa shape index (κ1) is 28.8. The standard InChI is InChI=1S/C45H25N5/c46-26-29-20-21-43-39(24-29)45-31(28-48)10-9-19-44(45)50(43)42-18-8-3-13-36(42)35-12-2-1-11-34(35)32-22-30(27-47)23-33(25-32)49-40-16-6-4-14-37(40)38-15-5-7-17-41(38)49/h1-25H. The first-order valence-electron chi connectivity index (χ1n) is 16.3. The van der Waals surface area contributed by atoms with Gasteiger partial charge in [-0.2, -0.15) is 15.8 Å². The normalized spacial score (nSPS) is 11.1. The molecule has 230 valence electrons. The van der Waals surface area contributed by atoms with Crippen LogP contribution in [-0.2, 0) is 0 Å². The van der Waals surface area contributed by atoms with Gasteiger partial charge in [-0.05, 0) is 83.4 Å². The van der Waals surface area contributed by atoms with Crippen molar-refractivity contribution >= 4 is 43.6 Å². The van der Waals surface area contributed by atoms with Crippen LogP contribution in [0.1, 0.15) is 16.7 Å². The van der Waals surface area contributed by atoms with Crippen LogP contribution < -0.4 is 0 Å². The molecular weight excluding hydrogens is 611 g/mol. The fourth-order valence-corrected chi connectivity index (χ4v) is 7.52. The van der Waals surface area contributed by atoms with Crippen molar-refractivity contribution in [1.82, 2.24) is 9.13 Å². The zero-order valence-electron chi connectivity index (χ0n) is 26.7. The third kappa shape index (κ3) is 4.31. The Bertz CT molecular complexity index is 2920. The van der Waals surface area contributed by atoms with Crippen LogP contribution in [0.25, 0.3) is 77.2 Å². The Morgan fingerprint density at radius 2 is 1.02 bits per heavy atom. The highest BCUT2D eigenvalue weighted by Crippen LogP contribution is 2.41. The van der Waals surface area contributed by atoms with E-state index in [1.54, 1.807) is 0 Å². The number of benzene rings is 7. The summed E-state index contributed by atoms with van der Waals surface area (Å²) < 4.78 is 4.43. The lowest BCUT2D eigenvalue weighted by molar-refractivity contribution is 1.18. The SMILES string of the molecule is N#Cc1cc(-c2ccccc2-c2ccccc2-n2c3ccc(C#N)cc3c3c(C#N)cccc32)cc(-n2c3ccccc3c3ccccc32)c1. The molecule has 0 amide bonds. The second-order valence-corrected chi connectivity index (χ2v) is 12.3. The third-order valence-electron chi connectivity index (χ3n) is 9.60. The van der Waals surface area contributed by atoms with Crippen molar-refractivity contribution in [3.63, 3.8) is 0 Å². The molecule has 0 unspecified atom stereocenters. The summed E-state index contributed by atoms with van der Waals surface area (Å²) in [5.74, 6) is 0. The second-order valence-electron chi connectivity index (χ2n) is 12.3. The monoisotopic (exact) mass is 635 g/mol. The highest BCUT2D eigenvalue weighted by molar-refractivity contribution is 6.13. The zero-order chi connectivity index (χ0) is 33.8. The maximum Gasteiger partial charge on any atom is 0.0998 e. The second kappa shape index (κ2) is 11.4. The van der Waals surface area contributed by atoms with Crippen molar-refractivity contribution in [3.05, 3.63) is 168 Å². The van der Waals surface area contributed by atoms with E-state index >= 15 is 0 Å². The van der Waals surface area contributed by atoms with Gasteiger partial charge in [0.25, 0.3) is 0 Å². The van der Waals surface area contributed by atoms with E-state index in [2.05, 4.69) is 94.1 Å². The van der Waals surface area contributed by atoms with Gasteiger partial charge in [0.05, 0.1) is 62.7 Å². The number of fused-ring (bicyclic) bond motifs is 6. The van der Waals surface area contributed by atoms with Gasteiger partial charge in [0, 0.05) is 32.8 Å². The van der Waals surface area contributed by atoms with Gasteiger partial charge in [0.15, 0.2) is 0 Å². The minimum atomic E-state index is 0.541. The Hall–Kier alpha value is -7.39. The number of nitriles is 3. The van der Waals surface area contributed by atoms with Crippen LogP contribution in [0.4, 0.5) is 0 Å². The van der Waals surface area contributed by atoms with Crippen molar-refractivity contribution in [2.75, 3.05) is 0 Å². The number of hydrogen-bond acceptors (Lipinski definition) is 3. The van der Waals surface area contributed by atoms with E-state index in [1.807, 2.05) is 84.9 Å². The number of hydrogen-bond donors (Lipinski definition) is 0. The van der Waals surface area contributed by atoms with Crippen molar-refractivity contribution in [2.45, 2.75) is 0 Å². The lowest BCUT2D eigenvalue weighted by Gasteiger charge is -2.18. The van der Waals surface area contributed by atoms with Crippen LogP contribution >= 0.6 is 0 Å². The number of nitrogens with zero attached hydrogens (tertiary/aromatic N) is 5. The highest BCUT2D eigenvalue weighted by Gasteiger charge is 2.20. The Kier molecular flexibility index (Phi) is 6.56. The van der Waals surface area contributed by atoms with Crippen molar-refractivity contribution < 1.29 is 0 Å². The molecule has 0 aliphatic heterocycles. The van der Waals surface area contributed by atoms with Crippen LogP contribution in [0.15, 0.2) is 152 Å². The van der Waals surface area contributed by atoms with Gasteiger partial charge < -0.3 is 9.13 Å². The largest absolute Gasteiger partial charge is 0.309 e. The molecule has 0 bridgehead atoms. The van der Waals surface area contributed by atoms with Gasteiger partial charge in [-0.15, -0.1) is 0 Å². The van der Waals surface area contributed by atoms with E-state index < -0.39 is 0 Å². The van der Waals surface area contributed by atoms with Gasteiger partial charge in [0.1, 0.15) is 0 Å². The number of rotatable bonds is 4. The van der Waals surface area contributed by atoms with Crippen molar-refractivity contribution in [3.8, 4) is 51.8 Å². The quantitative estimate of drug-likeness (QED) is 0.193. The molecule has 0 saturated carbocycles. The maximum atomic E-state index is 10.3. The summed E-state index contributed by atoms with van der Waals surface area (Å²) >= 11 is 0. The van der Waals surface area contributed by atoms with E-state index in [0.29, 0.717) is 16.7 Å². The molecule has 0 aliphatic carbocycles. The van der Waals surface area contributed by atoms with E-state index in [9.17, 15) is 15.8 Å². The molecule has 0 spiro atoms. The van der Waals surface area contributed by atoms with Gasteiger partial charge in [-0.25, -0.2) is 0 Å². The van der Waals surface area contributed by atoms with Crippen LogP contribution in [0.2, 0.25) is 0 Å². The summed E-state index contributed by atoms with van der Waals surface area (Å²) in [6, 6.07) is 57.9. The number of para-hydroxylation sites is 3. The van der Waals surface area contributed by atoms with Gasteiger partial charge >= 0.3 is 0 Å². The summed E-state index contributed by atoms with van der Waals surface area (Å²) in [6.45, 7) is 0. The first-order valence-corrected chi connectivity index (χ1v) is 16.3. The van der Waals surface area contributed by atoms with Crippen LogP contribution in [0.5, 0.6) is 0 Å². The molecule has 0 saturated heterocycles. The predicted octanol–water partition coefficient (Wildman–Crippen LogP) is 10.8. The molecule has 2 aromatic heterocycles. The number of aromatic nitrogens is 2. The molecule has 50 heavy (non-hydrogen) atoms. The van der Waals surface area contributed by atoms with Gasteiger partial charge in [-0.3, -0.25) is 0 Å². The van der Waals surface area contributed by atoms with E-state index in [-0.39, 0.29) is 0 Å². The topological polar surface area (TPSA) is 81.2 Å². The van der Waals surface area contributed by atoms with Crippen LogP contribution in [-0.4, -0.2) is 9.13 Å². The van der Waals surface area contributed by atoms with Gasteiger partial charge in [0.2, 0.25) is 0 Å². The molecule has 9 aromatic rings. The first-order chi connectivity index (χ1) is 24.7. The summed E-state index contributed by atoms with van der Waals surface area (Å²) in [5.41, 5.74) is 11.4. The van der Waals surface area contributed by atoms with E-state index in [0.717, 1.165) is 77.2 Å². The average molecular weight is 636 g/mol. The summed E-state index contributed by atoms with van der Waals surface area (Å²) in [5, 5.41) is 34.1. The lowest BCUT2D eigenvalue weighted by Crippen LogP contribution is -1.99. The molecule has 0 N–H and O–H groups in total. The average Bonchev–Trinajstić information content (AvgIpc) is 3.70. The molecule has 0 aliphatic rings. The van der Waals surface area contributed by atoms with E-state index in [4.69, 9.17) is 0 Å². The van der Waals surface area contributed by atoms with Crippen molar-refractivity contribution in [2.24, 2.45) is 0 Å². The maximum absolute atomic E-state index is 10.3. The molecule has 0 fully saturated rings. The minimum absolute atomic E-state index is 0.541. The zero-order valence-corrected chi connectivity index (χ0v) is 26.7. The molecule has 9 rings (SSSR count). The van der Waals surface area contributed by atoms with Gasteiger partial charge in [-0.1, -0.05) is 84.9 Å². The Balaban J connectivity index is 1.30. The molecule has 7 aromatic carbocycles. The predicted molar refractivity (Wildman–Crippen MR) is 200 cm³/mol. The summed E-state index contributed by atoms with van der Waals surface area (Å²) in [7, 11) is 0. The Labute approximate surface area is 287 Å². The smallest absolute Gasteiger partial charge is 0.0998 e.